The molecule has 0 N–H and O–H groups in total. The van der Waals surface area contributed by atoms with Gasteiger partial charge in [-0.15, -0.1) is 0 Å². The predicted octanol–water partition coefficient (Wildman–Crippen LogP) is 4.18. The van der Waals surface area contributed by atoms with Crippen molar-refractivity contribution in [3.63, 3.8) is 0 Å². The van der Waals surface area contributed by atoms with Gasteiger partial charge in [-0.3, -0.25) is 4.79 Å². The molecule has 0 bridgehead atoms. The topological polar surface area (TPSA) is 51.3 Å². The summed E-state index contributed by atoms with van der Waals surface area (Å²) in [6.07, 6.45) is 8.42. The summed E-state index contributed by atoms with van der Waals surface area (Å²) in [4.78, 5) is 19.5. The van der Waals surface area contributed by atoms with Crippen molar-refractivity contribution in [3.8, 4) is 11.1 Å². The van der Waals surface area contributed by atoms with Gasteiger partial charge in [-0.25, -0.2) is 4.98 Å². The summed E-state index contributed by atoms with van der Waals surface area (Å²) in [5.41, 5.74) is 1.86. The monoisotopic (exact) mass is 349 g/mol. The van der Waals surface area contributed by atoms with Crippen LogP contribution in [0.25, 0.3) is 11.1 Å². The van der Waals surface area contributed by atoms with Gasteiger partial charge in [0.25, 0.3) is 5.91 Å². The van der Waals surface area contributed by atoms with Crippen LogP contribution in [0, 0.1) is 0 Å². The molecule has 1 amide bonds. The molecule has 26 heavy (non-hydrogen) atoms. The van der Waals surface area contributed by atoms with Gasteiger partial charge < -0.3 is 13.9 Å². The number of aromatic nitrogens is 2. The molecule has 2 aromatic heterocycles. The maximum atomic E-state index is 13.1. The summed E-state index contributed by atoms with van der Waals surface area (Å²) >= 11 is 0. The number of imidazole rings is 1. The summed E-state index contributed by atoms with van der Waals surface area (Å²) in [5, 5.41) is 0. The van der Waals surface area contributed by atoms with Crippen molar-refractivity contribution in [2.45, 2.75) is 32.2 Å². The van der Waals surface area contributed by atoms with E-state index in [1.807, 2.05) is 53.7 Å². The normalized spacial score (nSPS) is 17.4. The molecule has 0 saturated carbocycles. The number of hydrogen-bond donors (Lipinski definition) is 0. The number of carbonyl (C=O) groups excluding carboxylic acids is 1. The predicted molar refractivity (Wildman–Crippen MR) is 99.9 cm³/mol. The first-order chi connectivity index (χ1) is 12.8. The van der Waals surface area contributed by atoms with Crippen LogP contribution in [0.2, 0.25) is 0 Å². The highest BCUT2D eigenvalue weighted by Gasteiger charge is 2.29. The number of furan rings is 1. The zero-order valence-corrected chi connectivity index (χ0v) is 15.0. The van der Waals surface area contributed by atoms with Gasteiger partial charge in [0.15, 0.2) is 5.76 Å². The van der Waals surface area contributed by atoms with Gasteiger partial charge in [-0.1, -0.05) is 37.3 Å². The Morgan fingerprint density at radius 1 is 1.27 bits per heavy atom. The third-order valence-electron chi connectivity index (χ3n) is 5.09. The molecular weight excluding hydrogens is 326 g/mol. The number of hydrogen-bond acceptors (Lipinski definition) is 3. The molecule has 1 atom stereocenters. The lowest BCUT2D eigenvalue weighted by atomic mass is 10.0. The summed E-state index contributed by atoms with van der Waals surface area (Å²) in [5.74, 6) is 1.47. The van der Waals surface area contributed by atoms with Gasteiger partial charge in [-0.2, -0.15) is 0 Å². The van der Waals surface area contributed by atoms with Crippen LogP contribution in [-0.2, 0) is 6.42 Å². The highest BCUT2D eigenvalue weighted by atomic mass is 16.3. The van der Waals surface area contributed by atoms with Crippen molar-refractivity contribution >= 4 is 5.91 Å². The molecule has 1 aromatic carbocycles. The van der Waals surface area contributed by atoms with Gasteiger partial charge in [0.05, 0.1) is 12.3 Å². The molecule has 0 spiro atoms. The first kappa shape index (κ1) is 16.6. The van der Waals surface area contributed by atoms with E-state index in [9.17, 15) is 4.79 Å². The van der Waals surface area contributed by atoms with E-state index in [2.05, 4.69) is 16.5 Å². The maximum Gasteiger partial charge on any atom is 0.290 e. The van der Waals surface area contributed by atoms with Crippen LogP contribution >= 0.6 is 0 Å². The van der Waals surface area contributed by atoms with Crippen molar-refractivity contribution in [2.24, 2.45) is 0 Å². The summed E-state index contributed by atoms with van der Waals surface area (Å²) in [7, 11) is 0. The molecule has 3 heterocycles. The minimum Gasteiger partial charge on any atom is -0.459 e. The van der Waals surface area contributed by atoms with Crippen molar-refractivity contribution in [2.75, 3.05) is 13.1 Å². The molecule has 1 unspecified atom stereocenters. The van der Waals surface area contributed by atoms with Gasteiger partial charge in [0, 0.05) is 37.5 Å². The fraction of sp³-hybridized carbons (Fsp3) is 0.333. The molecule has 3 aromatic rings. The van der Waals surface area contributed by atoms with Crippen LogP contribution < -0.4 is 0 Å². The van der Waals surface area contributed by atoms with Crippen LogP contribution in [0.15, 0.2) is 59.5 Å². The second kappa shape index (κ2) is 7.20. The number of rotatable bonds is 4. The van der Waals surface area contributed by atoms with Crippen LogP contribution in [0.4, 0.5) is 0 Å². The molecule has 0 aliphatic carbocycles. The van der Waals surface area contributed by atoms with Crippen LogP contribution in [0.1, 0.15) is 42.2 Å². The molecule has 1 fully saturated rings. The Morgan fingerprint density at radius 2 is 2.12 bits per heavy atom. The first-order valence-corrected chi connectivity index (χ1v) is 9.22. The number of benzene rings is 1. The zero-order valence-electron chi connectivity index (χ0n) is 15.0. The lowest BCUT2D eigenvalue weighted by Gasteiger charge is -2.33. The fourth-order valence-corrected chi connectivity index (χ4v) is 3.78. The third-order valence-corrected chi connectivity index (χ3v) is 5.09. The van der Waals surface area contributed by atoms with E-state index in [0.717, 1.165) is 42.8 Å². The lowest BCUT2D eigenvalue weighted by Crippen LogP contribution is -2.41. The maximum absolute atomic E-state index is 13.1. The molecule has 134 valence electrons. The Morgan fingerprint density at radius 3 is 2.92 bits per heavy atom. The minimum atomic E-state index is -0.0308. The van der Waals surface area contributed by atoms with Gasteiger partial charge >= 0.3 is 0 Å². The van der Waals surface area contributed by atoms with Crippen LogP contribution in [0.5, 0.6) is 0 Å². The number of aryl methyl sites for hydroxylation is 1. The van der Waals surface area contributed by atoms with Crippen molar-refractivity contribution in [3.05, 3.63) is 66.6 Å². The van der Waals surface area contributed by atoms with E-state index in [-0.39, 0.29) is 11.9 Å². The third kappa shape index (κ3) is 3.05. The quantitative estimate of drug-likeness (QED) is 0.710. The molecular formula is C21H23N3O2. The zero-order chi connectivity index (χ0) is 17.9. The van der Waals surface area contributed by atoms with E-state index in [4.69, 9.17) is 4.42 Å². The molecule has 5 nitrogen and oxygen atoms in total. The Hall–Kier alpha value is -2.82. The number of nitrogens with zero attached hydrogens (tertiary/aromatic N) is 3. The van der Waals surface area contributed by atoms with E-state index >= 15 is 0 Å². The first-order valence-electron chi connectivity index (χ1n) is 9.22. The highest BCUT2D eigenvalue weighted by molar-refractivity contribution is 5.98. The molecule has 5 heteroatoms. The average molecular weight is 349 g/mol. The van der Waals surface area contributed by atoms with E-state index in [1.54, 1.807) is 6.26 Å². The highest BCUT2D eigenvalue weighted by Crippen LogP contribution is 2.29. The number of likely N-dealkylation sites (tertiary alicyclic amines) is 1. The molecule has 1 aliphatic rings. The number of piperidine rings is 1. The van der Waals surface area contributed by atoms with Crippen LogP contribution in [-0.4, -0.2) is 33.4 Å². The second-order valence-corrected chi connectivity index (χ2v) is 6.68. The second-order valence-electron chi connectivity index (χ2n) is 6.68. The SMILES string of the molecule is CCc1nccn1C1CCCN(C(=O)c2occc2-c2ccccc2)C1. The fourth-order valence-electron chi connectivity index (χ4n) is 3.78. The van der Waals surface area contributed by atoms with Crippen molar-refractivity contribution in [1.29, 1.82) is 0 Å². The molecule has 1 saturated heterocycles. The molecule has 4 rings (SSSR count). The van der Waals surface area contributed by atoms with Crippen molar-refractivity contribution in [1.82, 2.24) is 14.5 Å². The molecule has 1 aliphatic heterocycles. The molecule has 0 radical (unpaired) electrons. The number of amides is 1. The largest absolute Gasteiger partial charge is 0.459 e. The van der Waals surface area contributed by atoms with Gasteiger partial charge in [0.2, 0.25) is 0 Å². The average Bonchev–Trinajstić information content (AvgIpc) is 3.37. The van der Waals surface area contributed by atoms with E-state index in [0.29, 0.717) is 12.3 Å². The van der Waals surface area contributed by atoms with E-state index in [1.165, 1.54) is 0 Å². The van der Waals surface area contributed by atoms with Crippen LogP contribution in [0.3, 0.4) is 0 Å². The Bertz CT molecular complexity index is 882. The Balaban J connectivity index is 1.57. The van der Waals surface area contributed by atoms with Gasteiger partial charge in [-0.05, 0) is 24.5 Å². The smallest absolute Gasteiger partial charge is 0.290 e. The summed E-state index contributed by atoms with van der Waals surface area (Å²) in [6.45, 7) is 3.57. The minimum absolute atomic E-state index is 0.0308. The van der Waals surface area contributed by atoms with E-state index < -0.39 is 0 Å². The number of carbonyl (C=O) groups is 1. The Kier molecular flexibility index (Phi) is 4.61. The van der Waals surface area contributed by atoms with Gasteiger partial charge in [0.1, 0.15) is 5.82 Å². The Labute approximate surface area is 153 Å². The summed E-state index contributed by atoms with van der Waals surface area (Å²) in [6, 6.07) is 12.1. The standard InChI is InChI=1S/C21H23N3O2/c1-2-19-22-11-13-24(19)17-9-6-12-23(15-17)21(25)20-18(10-14-26-20)16-7-4-3-5-8-16/h3-5,7-8,10-11,13-14,17H,2,6,9,12,15H2,1H3. The summed E-state index contributed by atoms with van der Waals surface area (Å²) < 4.78 is 7.82. The lowest BCUT2D eigenvalue weighted by molar-refractivity contribution is 0.0647. The van der Waals surface area contributed by atoms with Crippen molar-refractivity contribution < 1.29 is 9.21 Å².